The molecule has 0 saturated heterocycles. The van der Waals surface area contributed by atoms with Crippen molar-refractivity contribution in [2.45, 2.75) is 55.4 Å². The summed E-state index contributed by atoms with van der Waals surface area (Å²) in [5, 5.41) is 40.7. The first-order chi connectivity index (χ1) is 23.0. The average Bonchev–Trinajstić information content (AvgIpc) is 3.77. The lowest BCUT2D eigenvalue weighted by Crippen LogP contribution is -1.99. The molecule has 230 valence electrons. The molecule has 0 aliphatic heterocycles. The fourth-order valence-corrected chi connectivity index (χ4v) is 10.3. The molecule has 0 saturated carbocycles. The maximum absolute atomic E-state index is 10.3. The Hall–Kier alpha value is -5.50. The minimum Gasteiger partial charge on any atom is -0.192 e. The summed E-state index contributed by atoms with van der Waals surface area (Å²) in [6.45, 7) is 17.0. The molecule has 0 fully saturated rings. The summed E-state index contributed by atoms with van der Waals surface area (Å²) in [5.74, 6) is 0. The molecule has 0 bridgehead atoms. The summed E-state index contributed by atoms with van der Waals surface area (Å²) in [6, 6.07) is 21.3. The summed E-state index contributed by atoms with van der Waals surface area (Å²) in [4.78, 5) is 5.13. The molecule has 0 atom stereocenters. The second-order valence-corrected chi connectivity index (χ2v) is 15.0. The van der Waals surface area contributed by atoms with Gasteiger partial charge in [0.25, 0.3) is 0 Å². The third-order valence-electron chi connectivity index (χ3n) is 10.3. The summed E-state index contributed by atoms with van der Waals surface area (Å²) in [5.41, 5.74) is 17.9. The molecule has 0 spiro atoms. The van der Waals surface area contributed by atoms with Crippen LogP contribution in [0.3, 0.4) is 0 Å². The molecule has 0 radical (unpaired) electrons. The number of rotatable bonds is 2. The van der Waals surface area contributed by atoms with Gasteiger partial charge in [0, 0.05) is 30.7 Å². The third-order valence-corrected chi connectivity index (χ3v) is 13.2. The molecule has 0 amide bonds. The minimum atomic E-state index is 0.0714. The van der Waals surface area contributed by atoms with Crippen molar-refractivity contribution < 1.29 is 0 Å². The van der Waals surface area contributed by atoms with Gasteiger partial charge in [-0.15, -0.1) is 22.7 Å². The van der Waals surface area contributed by atoms with Gasteiger partial charge in [-0.25, -0.2) is 0 Å². The van der Waals surface area contributed by atoms with Crippen molar-refractivity contribution in [2.24, 2.45) is 0 Å². The number of thiophene rings is 2. The van der Waals surface area contributed by atoms with Gasteiger partial charge in [-0.05, 0) is 145 Å². The molecule has 2 aliphatic rings. The second kappa shape index (κ2) is 11.0. The number of hydrogen-bond donors (Lipinski definition) is 0. The fourth-order valence-electron chi connectivity index (χ4n) is 7.60. The van der Waals surface area contributed by atoms with E-state index in [0.717, 1.165) is 66.8 Å². The van der Waals surface area contributed by atoms with Gasteiger partial charge in [-0.2, -0.15) is 21.0 Å². The number of fused-ring (bicyclic) bond motifs is 6. The van der Waals surface area contributed by atoms with Crippen LogP contribution in [-0.2, 0) is 0 Å². The van der Waals surface area contributed by atoms with Crippen LogP contribution in [0.1, 0.15) is 66.1 Å². The lowest BCUT2D eigenvalue weighted by Gasteiger charge is -2.17. The van der Waals surface area contributed by atoms with E-state index >= 15 is 0 Å². The number of nitrogens with zero attached hydrogens (tertiary/aromatic N) is 4. The first-order valence-corrected chi connectivity index (χ1v) is 17.3. The lowest BCUT2D eigenvalue weighted by atomic mass is 9.84. The number of nitriles is 4. The van der Waals surface area contributed by atoms with E-state index in [1.165, 1.54) is 41.8 Å². The molecule has 0 N–H and O–H groups in total. The monoisotopic (exact) mass is 654 g/mol. The van der Waals surface area contributed by atoms with Crippen LogP contribution in [0.4, 0.5) is 0 Å². The molecule has 2 aromatic heterocycles. The zero-order valence-corrected chi connectivity index (χ0v) is 29.7. The van der Waals surface area contributed by atoms with E-state index in [-0.39, 0.29) is 11.1 Å². The van der Waals surface area contributed by atoms with E-state index in [1.807, 2.05) is 44.2 Å². The third kappa shape index (κ3) is 4.08. The van der Waals surface area contributed by atoms with E-state index in [0.29, 0.717) is 11.1 Å². The Labute approximate surface area is 289 Å². The zero-order valence-electron chi connectivity index (χ0n) is 28.1. The highest BCUT2D eigenvalue weighted by Crippen LogP contribution is 2.58. The van der Waals surface area contributed by atoms with Gasteiger partial charge < -0.3 is 0 Å². The number of aryl methyl sites for hydroxylation is 2. The Morgan fingerprint density at radius 1 is 0.458 bits per heavy atom. The summed E-state index contributed by atoms with van der Waals surface area (Å²) >= 11 is 3.65. The summed E-state index contributed by atoms with van der Waals surface area (Å²) in [6.07, 6.45) is 0. The zero-order chi connectivity index (χ0) is 34.3. The maximum Gasteiger partial charge on any atom is 0.138 e. The van der Waals surface area contributed by atoms with Crippen molar-refractivity contribution in [2.75, 3.05) is 0 Å². The Morgan fingerprint density at radius 3 is 1.42 bits per heavy atom. The Bertz CT molecular complexity index is 2540. The first kappa shape index (κ1) is 31.1. The maximum atomic E-state index is 10.3. The van der Waals surface area contributed by atoms with E-state index in [1.54, 1.807) is 11.3 Å². The van der Waals surface area contributed by atoms with Crippen molar-refractivity contribution in [1.82, 2.24) is 0 Å². The molecule has 5 aromatic rings. The highest BCUT2D eigenvalue weighted by Gasteiger charge is 2.38. The van der Waals surface area contributed by atoms with Crippen molar-refractivity contribution in [3.63, 3.8) is 0 Å². The molecule has 0 unspecified atom stereocenters. The van der Waals surface area contributed by atoms with Crippen LogP contribution in [0.5, 0.6) is 0 Å². The number of allylic oxidation sites excluding steroid dienone is 2. The van der Waals surface area contributed by atoms with Crippen molar-refractivity contribution in [3.05, 3.63) is 114 Å². The molecular weight excluding hydrogens is 625 g/mol. The van der Waals surface area contributed by atoms with E-state index < -0.39 is 0 Å². The lowest BCUT2D eigenvalue weighted by molar-refractivity contribution is 1.35. The molecule has 2 aliphatic carbocycles. The van der Waals surface area contributed by atoms with E-state index in [2.05, 4.69) is 83.2 Å². The normalized spacial score (nSPS) is 12.0. The molecule has 2 heterocycles. The molecule has 48 heavy (non-hydrogen) atoms. The van der Waals surface area contributed by atoms with Gasteiger partial charge in [0.05, 0.1) is 0 Å². The van der Waals surface area contributed by atoms with Gasteiger partial charge in [-0.3, -0.25) is 0 Å². The number of benzene rings is 3. The quantitative estimate of drug-likeness (QED) is 0.173. The standard InChI is InChI=1S/C42H30N4S2/c1-19-9-11-30-32(13-19)38(28(15-43)16-44)36-25(7)35-31-12-10-27(14-33(31)39(29(17-45)18-46)37(35)24(6)34(30)36)40-22(4)23(5)42(48-40)41-21(3)20(2)26(8)47-41/h9-14H,1-8H3. The van der Waals surface area contributed by atoms with Crippen LogP contribution in [0.2, 0.25) is 0 Å². The molecule has 7 rings (SSSR count). The van der Waals surface area contributed by atoms with Crippen molar-refractivity contribution in [3.8, 4) is 66.7 Å². The minimum absolute atomic E-state index is 0.0714. The van der Waals surface area contributed by atoms with Crippen LogP contribution in [0.15, 0.2) is 47.5 Å². The molecule has 4 nitrogen and oxygen atoms in total. The second-order valence-electron chi connectivity index (χ2n) is 12.8. The highest BCUT2D eigenvalue weighted by atomic mass is 32.1. The van der Waals surface area contributed by atoms with Crippen LogP contribution >= 0.6 is 22.7 Å². The van der Waals surface area contributed by atoms with Crippen LogP contribution < -0.4 is 0 Å². The van der Waals surface area contributed by atoms with E-state index in [4.69, 9.17) is 0 Å². The predicted octanol–water partition coefficient (Wildman–Crippen LogP) is 11.3. The van der Waals surface area contributed by atoms with Gasteiger partial charge in [-0.1, -0.05) is 35.9 Å². The van der Waals surface area contributed by atoms with Gasteiger partial charge in [0.15, 0.2) is 0 Å². The average molecular weight is 655 g/mol. The smallest absolute Gasteiger partial charge is 0.138 e. The Kier molecular flexibility index (Phi) is 7.16. The number of hydrogen-bond acceptors (Lipinski definition) is 6. The Balaban J connectivity index is 1.53. The van der Waals surface area contributed by atoms with E-state index in [9.17, 15) is 21.0 Å². The van der Waals surface area contributed by atoms with Gasteiger partial charge >= 0.3 is 0 Å². The van der Waals surface area contributed by atoms with Gasteiger partial charge in [0.2, 0.25) is 0 Å². The predicted molar refractivity (Wildman–Crippen MR) is 196 cm³/mol. The van der Waals surface area contributed by atoms with Crippen molar-refractivity contribution >= 4 is 33.8 Å². The summed E-state index contributed by atoms with van der Waals surface area (Å²) in [7, 11) is 0. The van der Waals surface area contributed by atoms with Crippen molar-refractivity contribution in [1.29, 1.82) is 21.0 Å². The van der Waals surface area contributed by atoms with Gasteiger partial charge in [0.1, 0.15) is 35.4 Å². The molecule has 3 aromatic carbocycles. The highest BCUT2D eigenvalue weighted by molar-refractivity contribution is 7.24. The fraction of sp³-hybridized carbons (Fsp3) is 0.190. The van der Waals surface area contributed by atoms with Crippen LogP contribution in [0, 0.1) is 101 Å². The Morgan fingerprint density at radius 2 is 0.917 bits per heavy atom. The molecule has 6 heteroatoms. The van der Waals surface area contributed by atoms with Crippen LogP contribution in [-0.4, -0.2) is 0 Å². The SMILES string of the molecule is Cc1ccc2c(c1)C(=C(C#N)C#N)c1c(C)c3c(c(C)c1-2)C(=C(C#N)C#N)c1cc(-c2sc(-c4sc(C)c(C)c4C)c(C)c2C)ccc1-3. The van der Waals surface area contributed by atoms with Crippen LogP contribution in [0.25, 0.3) is 53.6 Å². The first-order valence-electron chi connectivity index (χ1n) is 15.7. The summed E-state index contributed by atoms with van der Waals surface area (Å²) < 4.78 is 0. The largest absolute Gasteiger partial charge is 0.192 e. The topological polar surface area (TPSA) is 95.2 Å². The molecular formula is C42H30N4S2.